The largest absolute Gasteiger partial charge is 0.480 e. The first-order valence-corrected chi connectivity index (χ1v) is 12.1. The van der Waals surface area contributed by atoms with Crippen molar-refractivity contribution in [3.63, 3.8) is 0 Å². The van der Waals surface area contributed by atoms with E-state index in [9.17, 15) is 13.2 Å². The Hall–Kier alpha value is -3.31. The molecule has 1 N–H and O–H groups in total. The fourth-order valence-corrected chi connectivity index (χ4v) is 5.24. The first-order valence-electron chi connectivity index (χ1n) is 12.1. The maximum atomic E-state index is 13.1. The quantitative estimate of drug-likeness (QED) is 0.508. The van der Waals surface area contributed by atoms with Gasteiger partial charge in [0.15, 0.2) is 11.8 Å². The third kappa shape index (κ3) is 4.60. The van der Waals surface area contributed by atoms with Crippen molar-refractivity contribution in [2.75, 3.05) is 30.4 Å². The second-order valence-electron chi connectivity index (χ2n) is 9.88. The summed E-state index contributed by atoms with van der Waals surface area (Å²) in [6, 6.07) is 5.34. The fraction of sp³-hybridized carbons (Fsp3) is 0.583. The van der Waals surface area contributed by atoms with Crippen LogP contribution in [0.2, 0.25) is 0 Å². The molecule has 36 heavy (non-hydrogen) atoms. The van der Waals surface area contributed by atoms with E-state index >= 15 is 0 Å². The maximum absolute atomic E-state index is 13.1. The van der Waals surface area contributed by atoms with Crippen LogP contribution in [-0.2, 0) is 0 Å². The molecule has 0 radical (unpaired) electrons. The summed E-state index contributed by atoms with van der Waals surface area (Å²) in [6.07, 6.45) is -2.57. The summed E-state index contributed by atoms with van der Waals surface area (Å²) in [7, 11) is 1.57. The molecule has 5 rings (SSSR count). The predicted octanol–water partition coefficient (Wildman–Crippen LogP) is 4.31. The number of piperidine rings is 1. The zero-order valence-electron chi connectivity index (χ0n) is 20.7. The zero-order chi connectivity index (χ0) is 25.6. The van der Waals surface area contributed by atoms with Gasteiger partial charge in [0, 0.05) is 31.3 Å². The van der Waals surface area contributed by atoms with E-state index in [4.69, 9.17) is 9.47 Å². The van der Waals surface area contributed by atoms with Gasteiger partial charge in [0.05, 0.1) is 19.0 Å². The standard InChI is InChI=1S/C24H30F3N7O2/c1-13(2)18-7-8-20(36-14(3)24(25,26)27)34-22(18)30-23(32-34)29-21-15-5-6-16(21)12-33(11-15)17-9-19(35-4)31-28-10-17/h7-10,13-16,21H,5-6,11-12H2,1-4H3,(H,29,32)/t14-,15?,16?,21?/m0/s1. The molecule has 0 aromatic carbocycles. The van der Waals surface area contributed by atoms with E-state index < -0.39 is 12.3 Å². The number of alkyl halides is 3. The number of ether oxygens (including phenoxy) is 2. The molecule has 4 heterocycles. The van der Waals surface area contributed by atoms with E-state index in [1.807, 2.05) is 19.9 Å². The molecule has 2 fully saturated rings. The molecule has 1 saturated carbocycles. The maximum Gasteiger partial charge on any atom is 0.425 e. The van der Waals surface area contributed by atoms with Crippen LogP contribution in [0.3, 0.4) is 0 Å². The summed E-state index contributed by atoms with van der Waals surface area (Å²) in [5, 5.41) is 16.0. The Morgan fingerprint density at radius 2 is 1.83 bits per heavy atom. The number of anilines is 2. The monoisotopic (exact) mass is 505 g/mol. The van der Waals surface area contributed by atoms with Gasteiger partial charge in [-0.05, 0) is 49.1 Å². The first kappa shape index (κ1) is 24.4. The number of methoxy groups -OCH3 is 1. The van der Waals surface area contributed by atoms with Gasteiger partial charge in [0.1, 0.15) is 0 Å². The third-order valence-electron chi connectivity index (χ3n) is 7.18. The normalized spacial score (nSPS) is 22.8. The number of hydrogen-bond acceptors (Lipinski definition) is 8. The number of nitrogens with one attached hydrogen (secondary N) is 1. The lowest BCUT2D eigenvalue weighted by molar-refractivity contribution is -0.190. The Balaban J connectivity index is 1.39. The Labute approximate surface area is 207 Å². The van der Waals surface area contributed by atoms with Crippen molar-refractivity contribution in [3.8, 4) is 11.8 Å². The van der Waals surface area contributed by atoms with E-state index in [2.05, 4.69) is 30.5 Å². The second-order valence-corrected chi connectivity index (χ2v) is 9.88. The molecule has 2 aliphatic rings. The van der Waals surface area contributed by atoms with Crippen LogP contribution in [0.25, 0.3) is 5.65 Å². The molecule has 1 saturated heterocycles. The van der Waals surface area contributed by atoms with Crippen LogP contribution in [0, 0.1) is 11.8 Å². The van der Waals surface area contributed by atoms with Gasteiger partial charge in [-0.3, -0.25) is 0 Å². The first-order chi connectivity index (χ1) is 17.1. The van der Waals surface area contributed by atoms with Crippen molar-refractivity contribution in [1.29, 1.82) is 0 Å². The van der Waals surface area contributed by atoms with Crippen LogP contribution in [0.15, 0.2) is 24.4 Å². The lowest BCUT2D eigenvalue weighted by Crippen LogP contribution is -2.48. The molecule has 12 heteroatoms. The van der Waals surface area contributed by atoms with Crippen LogP contribution in [0.1, 0.15) is 45.1 Å². The smallest absolute Gasteiger partial charge is 0.425 e. The number of hydrogen-bond donors (Lipinski definition) is 1. The van der Waals surface area contributed by atoms with Gasteiger partial charge in [-0.15, -0.1) is 10.2 Å². The lowest BCUT2D eigenvalue weighted by atomic mass is 9.92. The molecule has 3 aromatic heterocycles. The average Bonchev–Trinajstić information content (AvgIpc) is 3.35. The third-order valence-corrected chi connectivity index (χ3v) is 7.18. The highest BCUT2D eigenvalue weighted by atomic mass is 19.4. The molecular formula is C24H30F3N7O2. The summed E-state index contributed by atoms with van der Waals surface area (Å²) in [5.41, 5.74) is 2.36. The Morgan fingerprint density at radius 1 is 1.11 bits per heavy atom. The topological polar surface area (TPSA) is 89.7 Å². The number of pyridine rings is 1. The molecule has 194 valence electrons. The summed E-state index contributed by atoms with van der Waals surface area (Å²) in [4.78, 5) is 6.99. The van der Waals surface area contributed by atoms with Crippen LogP contribution < -0.4 is 19.7 Å². The van der Waals surface area contributed by atoms with E-state index in [-0.39, 0.29) is 17.8 Å². The summed E-state index contributed by atoms with van der Waals surface area (Å²) < 4.78 is 51.3. The van der Waals surface area contributed by atoms with Gasteiger partial charge >= 0.3 is 6.18 Å². The van der Waals surface area contributed by atoms with Crippen LogP contribution in [0.5, 0.6) is 11.8 Å². The van der Waals surface area contributed by atoms with Gasteiger partial charge in [-0.25, -0.2) is 0 Å². The summed E-state index contributed by atoms with van der Waals surface area (Å²) in [6.45, 7) is 6.68. The number of rotatable bonds is 7. The molecule has 0 amide bonds. The molecule has 1 aliphatic carbocycles. The van der Waals surface area contributed by atoms with Crippen molar-refractivity contribution < 1.29 is 22.6 Å². The summed E-state index contributed by atoms with van der Waals surface area (Å²) >= 11 is 0. The Bertz CT molecular complexity index is 1220. The second kappa shape index (κ2) is 9.29. The molecule has 3 aromatic rings. The van der Waals surface area contributed by atoms with E-state index in [1.54, 1.807) is 19.4 Å². The molecule has 3 atom stereocenters. The minimum Gasteiger partial charge on any atom is -0.480 e. The van der Waals surface area contributed by atoms with Gasteiger partial charge in [-0.2, -0.15) is 27.8 Å². The predicted molar refractivity (Wildman–Crippen MR) is 128 cm³/mol. The molecule has 0 spiro atoms. The van der Waals surface area contributed by atoms with Crippen molar-refractivity contribution in [3.05, 3.63) is 30.0 Å². The van der Waals surface area contributed by atoms with Crippen molar-refractivity contribution in [2.45, 2.75) is 57.9 Å². The highest BCUT2D eigenvalue weighted by Crippen LogP contribution is 2.40. The molecule has 2 unspecified atom stereocenters. The van der Waals surface area contributed by atoms with Gasteiger partial charge in [0.25, 0.3) is 0 Å². The lowest BCUT2D eigenvalue weighted by Gasteiger charge is -2.39. The Kier molecular flexibility index (Phi) is 6.29. The molecule has 1 aliphatic heterocycles. The van der Waals surface area contributed by atoms with Crippen molar-refractivity contribution >= 4 is 17.3 Å². The van der Waals surface area contributed by atoms with E-state index in [1.165, 1.54) is 10.6 Å². The number of nitrogens with zero attached hydrogens (tertiary/aromatic N) is 6. The highest BCUT2D eigenvalue weighted by molar-refractivity contribution is 5.55. The van der Waals surface area contributed by atoms with Crippen molar-refractivity contribution in [2.24, 2.45) is 11.8 Å². The van der Waals surface area contributed by atoms with Crippen molar-refractivity contribution in [1.82, 2.24) is 24.8 Å². The van der Waals surface area contributed by atoms with Gasteiger partial charge in [0.2, 0.25) is 17.7 Å². The number of aromatic nitrogens is 5. The Morgan fingerprint density at radius 3 is 2.47 bits per heavy atom. The summed E-state index contributed by atoms with van der Waals surface area (Å²) in [5.74, 6) is 1.73. The minimum absolute atomic E-state index is 0.0108. The number of halogens is 3. The van der Waals surface area contributed by atoms with E-state index in [0.717, 1.165) is 44.1 Å². The van der Waals surface area contributed by atoms with Crippen LogP contribution in [0.4, 0.5) is 24.8 Å². The van der Waals surface area contributed by atoms with E-state index in [0.29, 0.717) is 29.3 Å². The highest BCUT2D eigenvalue weighted by Gasteiger charge is 2.43. The van der Waals surface area contributed by atoms with Crippen LogP contribution in [-0.4, -0.2) is 63.3 Å². The fourth-order valence-electron chi connectivity index (χ4n) is 5.24. The minimum atomic E-state index is -4.48. The number of fused-ring (bicyclic) bond motifs is 3. The average molecular weight is 506 g/mol. The molecular weight excluding hydrogens is 475 g/mol. The molecule has 2 bridgehead atoms. The molecule has 9 nitrogen and oxygen atoms in total. The van der Waals surface area contributed by atoms with Crippen LogP contribution >= 0.6 is 0 Å². The SMILES string of the molecule is COc1cc(N2CC3CCC(C2)C3Nc2nc3c(C(C)C)ccc(O[C@@H](C)C(F)(F)F)n3n2)cnn1. The zero-order valence-corrected chi connectivity index (χ0v) is 20.7. The van der Waals surface area contributed by atoms with Gasteiger partial charge in [-0.1, -0.05) is 13.8 Å². The van der Waals surface area contributed by atoms with Gasteiger partial charge < -0.3 is 19.7 Å².